The van der Waals surface area contributed by atoms with Gasteiger partial charge in [-0.2, -0.15) is 0 Å². The van der Waals surface area contributed by atoms with Gasteiger partial charge >= 0.3 is 0 Å². The Morgan fingerprint density at radius 1 is 0.750 bits per heavy atom. The van der Waals surface area contributed by atoms with Crippen molar-refractivity contribution in [2.75, 3.05) is 6.54 Å². The lowest BCUT2D eigenvalue weighted by atomic mass is 10.1. The summed E-state index contributed by atoms with van der Waals surface area (Å²) in [5, 5.41) is 4.62. The van der Waals surface area contributed by atoms with Gasteiger partial charge in [-0.05, 0) is 45.4 Å². The van der Waals surface area contributed by atoms with Crippen LogP contribution in [0.5, 0.6) is 0 Å². The third-order valence-electron chi connectivity index (χ3n) is 3.80. The molecule has 0 aromatic heterocycles. The largest absolute Gasteiger partial charge is 0.239 e. The zero-order chi connectivity index (χ0) is 14.9. The fraction of sp³-hybridized carbons (Fsp3) is 0.895. The first-order valence-corrected chi connectivity index (χ1v) is 9.12. The summed E-state index contributed by atoms with van der Waals surface area (Å²) in [5.41, 5.74) is 0. The zero-order valence-electron chi connectivity index (χ0n) is 14.4. The van der Waals surface area contributed by atoms with Crippen LogP contribution in [0.15, 0.2) is 12.2 Å². The molecule has 0 N–H and O–H groups in total. The van der Waals surface area contributed by atoms with Gasteiger partial charge in [0.2, 0.25) is 0 Å². The fourth-order valence-corrected chi connectivity index (χ4v) is 2.42. The minimum absolute atomic E-state index is 0.581. The summed E-state index contributed by atoms with van der Waals surface area (Å²) in [4.78, 5) is 0. The van der Waals surface area contributed by atoms with Crippen LogP contribution in [-0.2, 0) is 0 Å². The monoisotopic (exact) mass is 280 g/mol. The van der Waals surface area contributed by atoms with Crippen LogP contribution in [0, 0.1) is 0 Å². The van der Waals surface area contributed by atoms with Crippen LogP contribution in [0.2, 0.25) is 0 Å². The van der Waals surface area contributed by atoms with E-state index in [2.05, 4.69) is 38.2 Å². The summed E-state index contributed by atoms with van der Waals surface area (Å²) in [6, 6.07) is 0.581. The fourth-order valence-electron chi connectivity index (χ4n) is 2.42. The van der Waals surface area contributed by atoms with Crippen molar-refractivity contribution < 1.29 is 0 Å². The predicted molar refractivity (Wildman–Crippen MR) is 92.4 cm³/mol. The van der Waals surface area contributed by atoms with E-state index in [9.17, 15) is 0 Å². The molecular formula is C19H38N. The first-order valence-electron chi connectivity index (χ1n) is 9.12. The topological polar surface area (TPSA) is 14.1 Å². The highest BCUT2D eigenvalue weighted by atomic mass is 14.9. The third kappa shape index (κ3) is 15.8. The Balaban J connectivity index is 3.14. The van der Waals surface area contributed by atoms with Crippen LogP contribution >= 0.6 is 0 Å². The molecule has 0 fully saturated rings. The van der Waals surface area contributed by atoms with Crippen LogP contribution in [0.4, 0.5) is 0 Å². The summed E-state index contributed by atoms with van der Waals surface area (Å²) in [6.07, 6.45) is 20.9. The maximum atomic E-state index is 4.62. The SMILES string of the molecule is CCCCCC/C=C/CCCCCCC(C)[N]CCC. The minimum atomic E-state index is 0.581. The maximum Gasteiger partial charge on any atom is 0.0217 e. The van der Waals surface area contributed by atoms with Crippen LogP contribution in [-0.4, -0.2) is 12.6 Å². The van der Waals surface area contributed by atoms with Crippen molar-refractivity contribution in [2.24, 2.45) is 0 Å². The lowest BCUT2D eigenvalue weighted by molar-refractivity contribution is 0.473. The van der Waals surface area contributed by atoms with Gasteiger partial charge in [0.15, 0.2) is 0 Å². The molecule has 0 saturated carbocycles. The van der Waals surface area contributed by atoms with Gasteiger partial charge in [-0.1, -0.05) is 64.5 Å². The Morgan fingerprint density at radius 3 is 1.95 bits per heavy atom. The van der Waals surface area contributed by atoms with E-state index in [0.717, 1.165) is 6.54 Å². The highest BCUT2D eigenvalue weighted by molar-refractivity contribution is 4.81. The lowest BCUT2D eigenvalue weighted by Crippen LogP contribution is -2.18. The zero-order valence-corrected chi connectivity index (χ0v) is 14.4. The molecule has 1 nitrogen and oxygen atoms in total. The summed E-state index contributed by atoms with van der Waals surface area (Å²) >= 11 is 0. The van der Waals surface area contributed by atoms with E-state index in [1.165, 1.54) is 77.0 Å². The highest BCUT2D eigenvalue weighted by Gasteiger charge is 2.00. The van der Waals surface area contributed by atoms with E-state index in [-0.39, 0.29) is 0 Å². The average molecular weight is 281 g/mol. The molecular weight excluding hydrogens is 242 g/mol. The van der Waals surface area contributed by atoms with Gasteiger partial charge in [0, 0.05) is 12.6 Å². The second kappa shape index (κ2) is 16.8. The van der Waals surface area contributed by atoms with Gasteiger partial charge in [-0.15, -0.1) is 0 Å². The summed E-state index contributed by atoms with van der Waals surface area (Å²) in [7, 11) is 0. The van der Waals surface area contributed by atoms with Crippen LogP contribution in [0.3, 0.4) is 0 Å². The summed E-state index contributed by atoms with van der Waals surface area (Å²) in [5.74, 6) is 0. The number of hydrogen-bond donors (Lipinski definition) is 0. The molecule has 0 aromatic rings. The van der Waals surface area contributed by atoms with E-state index in [1.807, 2.05) is 0 Å². The normalized spacial score (nSPS) is 13.2. The average Bonchev–Trinajstić information content (AvgIpc) is 2.46. The van der Waals surface area contributed by atoms with Crippen LogP contribution in [0.1, 0.15) is 97.8 Å². The molecule has 119 valence electrons. The second-order valence-electron chi connectivity index (χ2n) is 6.07. The Hall–Kier alpha value is -0.300. The van der Waals surface area contributed by atoms with Crippen molar-refractivity contribution in [1.82, 2.24) is 5.32 Å². The van der Waals surface area contributed by atoms with Gasteiger partial charge in [0.05, 0.1) is 0 Å². The Labute approximate surface area is 128 Å². The Morgan fingerprint density at radius 2 is 1.35 bits per heavy atom. The number of rotatable bonds is 15. The molecule has 20 heavy (non-hydrogen) atoms. The number of unbranched alkanes of at least 4 members (excludes halogenated alkanes) is 8. The van der Waals surface area contributed by atoms with Crippen molar-refractivity contribution in [3.05, 3.63) is 12.2 Å². The van der Waals surface area contributed by atoms with Crippen LogP contribution < -0.4 is 5.32 Å². The molecule has 0 rings (SSSR count). The second-order valence-corrected chi connectivity index (χ2v) is 6.07. The maximum absolute atomic E-state index is 4.62. The van der Waals surface area contributed by atoms with E-state index in [0.29, 0.717) is 6.04 Å². The molecule has 0 spiro atoms. The van der Waals surface area contributed by atoms with Crippen molar-refractivity contribution in [2.45, 2.75) is 104 Å². The molecule has 0 aliphatic heterocycles. The number of hydrogen-bond acceptors (Lipinski definition) is 0. The number of nitrogens with zero attached hydrogens (tertiary/aromatic N) is 1. The predicted octanol–water partition coefficient (Wildman–Crippen LogP) is 6.26. The van der Waals surface area contributed by atoms with Crippen molar-refractivity contribution in [3.63, 3.8) is 0 Å². The molecule has 0 aliphatic rings. The Kier molecular flexibility index (Phi) is 16.5. The minimum Gasteiger partial charge on any atom is -0.239 e. The van der Waals surface area contributed by atoms with Crippen molar-refractivity contribution in [1.29, 1.82) is 0 Å². The van der Waals surface area contributed by atoms with Gasteiger partial charge in [-0.3, -0.25) is 0 Å². The molecule has 0 bridgehead atoms. The van der Waals surface area contributed by atoms with Gasteiger partial charge in [-0.25, -0.2) is 5.32 Å². The standard InChI is InChI=1S/C19H38N/c1-4-6-7-8-9-10-11-12-13-14-15-16-17-19(3)20-18-5-2/h10-11,19H,4-9,12-18H2,1-3H3/b11-10+. The quantitative estimate of drug-likeness (QED) is 0.248. The molecule has 0 heterocycles. The first kappa shape index (κ1) is 19.7. The molecule has 1 heteroatoms. The number of allylic oxidation sites excluding steroid dienone is 2. The van der Waals surface area contributed by atoms with E-state index < -0.39 is 0 Å². The van der Waals surface area contributed by atoms with Gasteiger partial charge in [0.25, 0.3) is 0 Å². The molecule has 0 aromatic carbocycles. The smallest absolute Gasteiger partial charge is 0.0217 e. The van der Waals surface area contributed by atoms with Crippen LogP contribution in [0.25, 0.3) is 0 Å². The van der Waals surface area contributed by atoms with E-state index >= 15 is 0 Å². The molecule has 0 saturated heterocycles. The van der Waals surface area contributed by atoms with Crippen molar-refractivity contribution in [3.8, 4) is 0 Å². The van der Waals surface area contributed by atoms with Crippen molar-refractivity contribution >= 4 is 0 Å². The summed E-state index contributed by atoms with van der Waals surface area (Å²) < 4.78 is 0. The Bertz CT molecular complexity index is 198. The van der Waals surface area contributed by atoms with Gasteiger partial charge < -0.3 is 0 Å². The highest BCUT2D eigenvalue weighted by Crippen LogP contribution is 2.09. The van der Waals surface area contributed by atoms with E-state index in [4.69, 9.17) is 0 Å². The molecule has 1 atom stereocenters. The third-order valence-corrected chi connectivity index (χ3v) is 3.80. The molecule has 1 radical (unpaired) electrons. The molecule has 1 unspecified atom stereocenters. The first-order chi connectivity index (χ1) is 9.81. The molecule has 0 amide bonds. The lowest BCUT2D eigenvalue weighted by Gasteiger charge is -2.10. The van der Waals surface area contributed by atoms with E-state index in [1.54, 1.807) is 0 Å². The van der Waals surface area contributed by atoms with Gasteiger partial charge in [0.1, 0.15) is 0 Å². The summed E-state index contributed by atoms with van der Waals surface area (Å²) in [6.45, 7) is 7.78. The molecule has 0 aliphatic carbocycles.